The van der Waals surface area contributed by atoms with E-state index in [1.165, 1.54) is 12.4 Å². The third-order valence-electron chi connectivity index (χ3n) is 3.06. The summed E-state index contributed by atoms with van der Waals surface area (Å²) in [6, 6.07) is 3.49. The second-order valence-corrected chi connectivity index (χ2v) is 6.17. The Hall–Kier alpha value is -2.09. The summed E-state index contributed by atoms with van der Waals surface area (Å²) in [5, 5.41) is 0.0350. The molecule has 0 bridgehead atoms. The molecule has 21 heavy (non-hydrogen) atoms. The van der Waals surface area contributed by atoms with Crippen LogP contribution < -0.4 is 9.62 Å². The number of pyridine rings is 1. The van der Waals surface area contributed by atoms with E-state index in [-0.39, 0.29) is 5.03 Å². The molecule has 0 aliphatic carbocycles. The normalized spacial score (nSPS) is 11.4. The van der Waals surface area contributed by atoms with Gasteiger partial charge in [-0.15, -0.1) is 0 Å². The zero-order valence-electron chi connectivity index (χ0n) is 12.3. The van der Waals surface area contributed by atoms with Crippen molar-refractivity contribution in [2.24, 2.45) is 0 Å². The highest BCUT2D eigenvalue weighted by Gasteiger charge is 2.16. The fraction of sp³-hybridized carbons (Fsp3) is 0.385. The predicted octanol–water partition coefficient (Wildman–Crippen LogP) is 1.76. The van der Waals surface area contributed by atoms with Crippen molar-refractivity contribution < 1.29 is 8.42 Å². The average molecular weight is 309 g/mol. The summed E-state index contributed by atoms with van der Waals surface area (Å²) in [4.78, 5) is 12.9. The van der Waals surface area contributed by atoms with Crippen LogP contribution in [-0.2, 0) is 10.0 Å². The molecule has 0 aromatic carbocycles. The van der Waals surface area contributed by atoms with Crippen LogP contribution in [-0.4, -0.2) is 36.5 Å². The van der Waals surface area contributed by atoms with Crippen molar-refractivity contribution >= 4 is 21.5 Å². The number of aromatic amines is 1. The van der Waals surface area contributed by atoms with Gasteiger partial charge in [-0.05, 0) is 32.9 Å². The molecule has 0 spiro atoms. The van der Waals surface area contributed by atoms with Crippen LogP contribution in [0.25, 0.3) is 0 Å². The number of aromatic nitrogens is 3. The monoisotopic (exact) mass is 309 g/mol. The van der Waals surface area contributed by atoms with E-state index in [2.05, 4.69) is 24.6 Å². The minimum absolute atomic E-state index is 0.0350. The summed E-state index contributed by atoms with van der Waals surface area (Å²) in [6.07, 6.45) is 2.80. The van der Waals surface area contributed by atoms with E-state index < -0.39 is 10.0 Å². The maximum atomic E-state index is 12.1. The molecule has 0 amide bonds. The summed E-state index contributed by atoms with van der Waals surface area (Å²) in [5.74, 6) is 1.37. The number of hydrogen-bond donors (Lipinski definition) is 2. The molecular weight excluding hydrogens is 290 g/mol. The van der Waals surface area contributed by atoms with E-state index in [9.17, 15) is 8.42 Å². The van der Waals surface area contributed by atoms with Crippen molar-refractivity contribution in [1.82, 2.24) is 15.0 Å². The molecule has 2 aromatic heterocycles. The molecule has 8 heteroatoms. The lowest BCUT2D eigenvalue weighted by Gasteiger charge is -2.19. The van der Waals surface area contributed by atoms with Crippen LogP contribution in [0.3, 0.4) is 0 Å². The highest BCUT2D eigenvalue weighted by molar-refractivity contribution is 7.92. The van der Waals surface area contributed by atoms with Crippen LogP contribution in [0.4, 0.5) is 11.5 Å². The molecule has 0 fully saturated rings. The highest BCUT2D eigenvalue weighted by Crippen LogP contribution is 2.17. The average Bonchev–Trinajstić information content (AvgIpc) is 2.89. The molecule has 0 aliphatic heterocycles. The summed E-state index contributed by atoms with van der Waals surface area (Å²) < 4.78 is 26.7. The van der Waals surface area contributed by atoms with Gasteiger partial charge >= 0.3 is 0 Å². The standard InChI is InChI=1S/C13H19N5O2S/c1-4-18(5-2)12-7-6-11(8-15-12)17-21(19,20)13-9-14-10(3)16-13/h6-9,17H,4-5H2,1-3H3,(H,14,16). The van der Waals surface area contributed by atoms with Crippen molar-refractivity contribution in [3.05, 3.63) is 30.4 Å². The van der Waals surface area contributed by atoms with Crippen molar-refractivity contribution in [1.29, 1.82) is 0 Å². The Bertz CT molecular complexity index is 690. The minimum atomic E-state index is -3.66. The number of aryl methyl sites for hydroxylation is 1. The van der Waals surface area contributed by atoms with E-state index in [0.29, 0.717) is 11.5 Å². The van der Waals surface area contributed by atoms with Gasteiger partial charge in [0.05, 0.1) is 18.1 Å². The largest absolute Gasteiger partial charge is 0.357 e. The van der Waals surface area contributed by atoms with Crippen molar-refractivity contribution in [3.8, 4) is 0 Å². The van der Waals surface area contributed by atoms with E-state index >= 15 is 0 Å². The third-order valence-corrected chi connectivity index (χ3v) is 4.35. The number of rotatable bonds is 6. The Labute approximate surface area is 124 Å². The van der Waals surface area contributed by atoms with Crippen LogP contribution in [0.2, 0.25) is 0 Å². The van der Waals surface area contributed by atoms with Gasteiger partial charge in [0.15, 0.2) is 5.03 Å². The highest BCUT2D eigenvalue weighted by atomic mass is 32.2. The molecule has 2 aromatic rings. The molecule has 0 saturated heterocycles. The van der Waals surface area contributed by atoms with Gasteiger partial charge in [-0.25, -0.2) is 9.97 Å². The number of anilines is 2. The topological polar surface area (TPSA) is 91.0 Å². The molecular formula is C13H19N5O2S. The van der Waals surface area contributed by atoms with E-state index in [1.54, 1.807) is 19.1 Å². The van der Waals surface area contributed by atoms with Gasteiger partial charge in [0, 0.05) is 13.1 Å². The van der Waals surface area contributed by atoms with Crippen LogP contribution in [0, 0.1) is 6.92 Å². The van der Waals surface area contributed by atoms with Crippen molar-refractivity contribution in [2.45, 2.75) is 25.8 Å². The number of nitrogens with zero attached hydrogens (tertiary/aromatic N) is 3. The molecule has 0 radical (unpaired) electrons. The number of H-pyrrole nitrogens is 1. The summed E-state index contributed by atoms with van der Waals surface area (Å²) in [5.41, 5.74) is 0.415. The molecule has 0 atom stereocenters. The van der Waals surface area contributed by atoms with E-state index in [0.717, 1.165) is 18.9 Å². The predicted molar refractivity (Wildman–Crippen MR) is 81.9 cm³/mol. The van der Waals surface area contributed by atoms with E-state index in [1.807, 2.05) is 13.8 Å². The second-order valence-electron chi connectivity index (χ2n) is 4.52. The van der Waals surface area contributed by atoms with Crippen LogP contribution in [0.15, 0.2) is 29.6 Å². The number of imidazole rings is 1. The number of sulfonamides is 1. The van der Waals surface area contributed by atoms with Gasteiger partial charge in [-0.1, -0.05) is 0 Å². The lowest BCUT2D eigenvalue weighted by Crippen LogP contribution is -2.23. The summed E-state index contributed by atoms with van der Waals surface area (Å²) in [6.45, 7) is 7.48. The Kier molecular flexibility index (Phi) is 4.46. The first-order valence-corrected chi connectivity index (χ1v) is 8.20. The maximum absolute atomic E-state index is 12.1. The van der Waals surface area contributed by atoms with Crippen molar-refractivity contribution in [3.63, 3.8) is 0 Å². The fourth-order valence-corrected chi connectivity index (χ4v) is 2.94. The fourth-order valence-electron chi connectivity index (χ4n) is 1.93. The van der Waals surface area contributed by atoms with Gasteiger partial charge in [-0.3, -0.25) is 4.72 Å². The third kappa shape index (κ3) is 3.52. The van der Waals surface area contributed by atoms with Crippen LogP contribution in [0.5, 0.6) is 0 Å². The van der Waals surface area contributed by atoms with Crippen LogP contribution in [0.1, 0.15) is 19.7 Å². The quantitative estimate of drug-likeness (QED) is 0.848. The second kappa shape index (κ2) is 6.13. The number of nitrogens with one attached hydrogen (secondary N) is 2. The van der Waals surface area contributed by atoms with E-state index in [4.69, 9.17) is 0 Å². The molecule has 0 saturated carbocycles. The Morgan fingerprint density at radius 2 is 1.90 bits per heavy atom. The first-order valence-electron chi connectivity index (χ1n) is 6.71. The van der Waals surface area contributed by atoms with Crippen molar-refractivity contribution in [2.75, 3.05) is 22.7 Å². The lowest BCUT2D eigenvalue weighted by atomic mass is 10.4. The summed E-state index contributed by atoms with van der Waals surface area (Å²) in [7, 11) is -3.66. The van der Waals surface area contributed by atoms with Crippen LogP contribution >= 0.6 is 0 Å². The molecule has 0 aliphatic rings. The zero-order chi connectivity index (χ0) is 15.5. The minimum Gasteiger partial charge on any atom is -0.357 e. The van der Waals surface area contributed by atoms with Gasteiger partial charge in [0.2, 0.25) is 0 Å². The summed E-state index contributed by atoms with van der Waals surface area (Å²) >= 11 is 0. The van der Waals surface area contributed by atoms with Gasteiger partial charge in [0.1, 0.15) is 11.6 Å². The Balaban J connectivity index is 2.17. The Morgan fingerprint density at radius 3 is 2.38 bits per heavy atom. The molecule has 114 valence electrons. The lowest BCUT2D eigenvalue weighted by molar-refractivity contribution is 0.598. The SMILES string of the molecule is CCN(CC)c1ccc(NS(=O)(=O)c2cnc(C)[nH]2)cn1. The first-order chi connectivity index (χ1) is 9.96. The van der Waals surface area contributed by atoms with Gasteiger partial charge < -0.3 is 9.88 Å². The Morgan fingerprint density at radius 1 is 1.19 bits per heavy atom. The molecule has 2 rings (SSSR count). The maximum Gasteiger partial charge on any atom is 0.279 e. The molecule has 7 nitrogen and oxygen atoms in total. The van der Waals surface area contributed by atoms with Gasteiger partial charge in [-0.2, -0.15) is 8.42 Å². The molecule has 2 N–H and O–H groups in total. The van der Waals surface area contributed by atoms with Gasteiger partial charge in [0.25, 0.3) is 10.0 Å². The molecule has 2 heterocycles. The zero-order valence-corrected chi connectivity index (χ0v) is 13.1. The first kappa shape index (κ1) is 15.3. The molecule has 0 unspecified atom stereocenters. The number of hydrogen-bond acceptors (Lipinski definition) is 5. The smallest absolute Gasteiger partial charge is 0.279 e.